The SMILES string of the molecule is COC(=O)CC1CC(C#N)=NN1c1ccc(OC)cc1. The molecule has 1 aliphatic heterocycles. The Balaban J connectivity index is 2.22. The molecule has 1 heterocycles. The van der Waals surface area contributed by atoms with E-state index in [9.17, 15) is 4.79 Å². The van der Waals surface area contributed by atoms with E-state index in [0.717, 1.165) is 11.4 Å². The van der Waals surface area contributed by atoms with E-state index in [1.165, 1.54) is 7.11 Å². The molecule has 0 aromatic heterocycles. The number of nitrogens with zero attached hydrogens (tertiary/aromatic N) is 3. The molecule has 0 fully saturated rings. The predicted octanol–water partition coefficient (Wildman–Crippen LogP) is 1.72. The van der Waals surface area contributed by atoms with Crippen molar-refractivity contribution in [2.45, 2.75) is 18.9 Å². The number of ether oxygens (including phenoxy) is 2. The minimum Gasteiger partial charge on any atom is -0.497 e. The lowest BCUT2D eigenvalue weighted by molar-refractivity contribution is -0.140. The normalized spacial score (nSPS) is 17.4. The van der Waals surface area contributed by atoms with Crippen LogP contribution in [0.1, 0.15) is 12.8 Å². The first-order chi connectivity index (χ1) is 9.67. The fourth-order valence-corrected chi connectivity index (χ4v) is 2.07. The molecule has 0 saturated heterocycles. The van der Waals surface area contributed by atoms with E-state index in [1.807, 2.05) is 30.3 Å². The first kappa shape index (κ1) is 13.9. The number of carbonyl (C=O) groups is 1. The molecule has 1 aromatic carbocycles. The van der Waals surface area contributed by atoms with Crippen molar-refractivity contribution in [1.82, 2.24) is 0 Å². The lowest BCUT2D eigenvalue weighted by Crippen LogP contribution is -2.29. The molecule has 2 rings (SSSR count). The summed E-state index contributed by atoms with van der Waals surface area (Å²) in [6, 6.07) is 9.15. The van der Waals surface area contributed by atoms with Crippen molar-refractivity contribution in [3.63, 3.8) is 0 Å². The molecule has 1 atom stereocenters. The van der Waals surface area contributed by atoms with Crippen molar-refractivity contribution in [1.29, 1.82) is 5.26 Å². The molecule has 20 heavy (non-hydrogen) atoms. The number of esters is 1. The lowest BCUT2D eigenvalue weighted by atomic mass is 10.1. The van der Waals surface area contributed by atoms with E-state index in [1.54, 1.807) is 12.1 Å². The summed E-state index contributed by atoms with van der Waals surface area (Å²) in [5, 5.41) is 14.9. The van der Waals surface area contributed by atoms with E-state index < -0.39 is 0 Å². The number of hydrazone groups is 1. The fraction of sp³-hybridized carbons (Fsp3) is 0.357. The quantitative estimate of drug-likeness (QED) is 0.781. The van der Waals surface area contributed by atoms with Crippen molar-refractivity contribution in [3.8, 4) is 11.8 Å². The van der Waals surface area contributed by atoms with Gasteiger partial charge in [-0.3, -0.25) is 9.80 Å². The zero-order valence-corrected chi connectivity index (χ0v) is 11.4. The van der Waals surface area contributed by atoms with E-state index in [-0.39, 0.29) is 18.4 Å². The molecule has 0 spiro atoms. The smallest absolute Gasteiger partial charge is 0.307 e. The van der Waals surface area contributed by atoms with Crippen LogP contribution in [0.5, 0.6) is 5.75 Å². The van der Waals surface area contributed by atoms with E-state index >= 15 is 0 Å². The average Bonchev–Trinajstić information content (AvgIpc) is 2.90. The minimum absolute atomic E-state index is 0.189. The van der Waals surface area contributed by atoms with E-state index in [0.29, 0.717) is 12.1 Å². The topological polar surface area (TPSA) is 74.9 Å². The predicted molar refractivity (Wildman–Crippen MR) is 73.6 cm³/mol. The monoisotopic (exact) mass is 273 g/mol. The zero-order valence-electron chi connectivity index (χ0n) is 11.4. The Morgan fingerprint density at radius 1 is 1.45 bits per heavy atom. The van der Waals surface area contributed by atoms with Crippen LogP contribution < -0.4 is 9.75 Å². The molecule has 0 N–H and O–H groups in total. The summed E-state index contributed by atoms with van der Waals surface area (Å²) in [4.78, 5) is 11.4. The minimum atomic E-state index is -0.317. The summed E-state index contributed by atoms with van der Waals surface area (Å²) in [5.74, 6) is 0.421. The molecule has 0 saturated carbocycles. The van der Waals surface area contributed by atoms with Crippen LogP contribution >= 0.6 is 0 Å². The number of rotatable bonds is 4. The number of carbonyl (C=O) groups excluding carboxylic acids is 1. The molecular weight excluding hydrogens is 258 g/mol. The van der Waals surface area contributed by atoms with Crippen molar-refractivity contribution in [2.75, 3.05) is 19.2 Å². The molecule has 6 heteroatoms. The molecule has 1 unspecified atom stereocenters. The highest BCUT2D eigenvalue weighted by Crippen LogP contribution is 2.28. The summed E-state index contributed by atoms with van der Waals surface area (Å²) in [7, 11) is 2.94. The Bertz CT molecular complexity index is 560. The van der Waals surface area contributed by atoms with E-state index in [2.05, 4.69) is 9.84 Å². The highest BCUT2D eigenvalue weighted by atomic mass is 16.5. The summed E-state index contributed by atoms with van der Waals surface area (Å²) in [6.07, 6.45) is 0.634. The zero-order chi connectivity index (χ0) is 14.5. The number of methoxy groups -OCH3 is 2. The average molecular weight is 273 g/mol. The molecule has 0 bridgehead atoms. The van der Waals surface area contributed by atoms with Crippen LogP contribution in [0.25, 0.3) is 0 Å². The molecule has 6 nitrogen and oxygen atoms in total. The van der Waals surface area contributed by atoms with Crippen LogP contribution in [0.15, 0.2) is 29.4 Å². The van der Waals surface area contributed by atoms with E-state index in [4.69, 9.17) is 10.00 Å². The summed E-state index contributed by atoms with van der Waals surface area (Å²) >= 11 is 0. The third-order valence-electron chi connectivity index (χ3n) is 3.10. The highest BCUT2D eigenvalue weighted by molar-refractivity contribution is 6.01. The van der Waals surface area contributed by atoms with Gasteiger partial charge in [-0.05, 0) is 24.3 Å². The van der Waals surface area contributed by atoms with Gasteiger partial charge in [-0.25, -0.2) is 0 Å². The third kappa shape index (κ3) is 2.88. The number of hydrogen-bond donors (Lipinski definition) is 0. The first-order valence-corrected chi connectivity index (χ1v) is 6.15. The Hall–Kier alpha value is -2.55. The summed E-state index contributed by atoms with van der Waals surface area (Å²) in [6.45, 7) is 0. The van der Waals surface area contributed by atoms with Crippen molar-refractivity contribution in [3.05, 3.63) is 24.3 Å². The standard InChI is InChI=1S/C14H15N3O3/c1-19-13-5-3-11(4-6-13)17-12(8-14(18)20-2)7-10(9-15)16-17/h3-6,12H,7-8H2,1-2H3. The van der Waals surface area contributed by atoms with Crippen LogP contribution in [0.2, 0.25) is 0 Å². The summed E-state index contributed by atoms with van der Waals surface area (Å²) < 4.78 is 9.78. The summed E-state index contributed by atoms with van der Waals surface area (Å²) in [5.41, 5.74) is 1.22. The van der Waals surface area contributed by atoms with Gasteiger partial charge in [0.05, 0.1) is 32.4 Å². The lowest BCUT2D eigenvalue weighted by Gasteiger charge is -2.22. The molecule has 1 aliphatic rings. The highest BCUT2D eigenvalue weighted by Gasteiger charge is 2.30. The van der Waals surface area contributed by atoms with Crippen molar-refractivity contribution >= 4 is 17.4 Å². The first-order valence-electron chi connectivity index (χ1n) is 6.15. The number of anilines is 1. The van der Waals surface area contributed by atoms with Crippen LogP contribution in [0.4, 0.5) is 5.69 Å². The maximum absolute atomic E-state index is 11.4. The molecule has 1 aromatic rings. The van der Waals surface area contributed by atoms with Gasteiger partial charge < -0.3 is 9.47 Å². The van der Waals surface area contributed by atoms with Crippen LogP contribution in [0, 0.1) is 11.3 Å². The van der Waals surface area contributed by atoms with Gasteiger partial charge in [-0.2, -0.15) is 10.4 Å². The molecule has 0 amide bonds. The van der Waals surface area contributed by atoms with Crippen LogP contribution in [0.3, 0.4) is 0 Å². The van der Waals surface area contributed by atoms with Gasteiger partial charge in [0.2, 0.25) is 0 Å². The maximum Gasteiger partial charge on any atom is 0.307 e. The third-order valence-corrected chi connectivity index (χ3v) is 3.10. The van der Waals surface area contributed by atoms with Gasteiger partial charge in [-0.15, -0.1) is 0 Å². The Labute approximate surface area is 117 Å². The fourth-order valence-electron chi connectivity index (χ4n) is 2.07. The number of nitriles is 1. The molecule has 0 radical (unpaired) electrons. The van der Waals surface area contributed by atoms with Gasteiger partial charge in [0.25, 0.3) is 0 Å². The molecule has 0 aliphatic carbocycles. The molecular formula is C14H15N3O3. The van der Waals surface area contributed by atoms with Crippen molar-refractivity contribution in [2.24, 2.45) is 5.10 Å². The van der Waals surface area contributed by atoms with Crippen LogP contribution in [-0.4, -0.2) is 31.9 Å². The van der Waals surface area contributed by atoms with Crippen molar-refractivity contribution < 1.29 is 14.3 Å². The number of hydrogen-bond acceptors (Lipinski definition) is 6. The second-order valence-electron chi connectivity index (χ2n) is 4.34. The van der Waals surface area contributed by atoms with Crippen LogP contribution in [-0.2, 0) is 9.53 Å². The Morgan fingerprint density at radius 2 is 2.15 bits per heavy atom. The second-order valence-corrected chi connectivity index (χ2v) is 4.34. The Kier molecular flexibility index (Phi) is 4.20. The largest absolute Gasteiger partial charge is 0.497 e. The number of benzene rings is 1. The second kappa shape index (κ2) is 6.06. The van der Waals surface area contributed by atoms with Gasteiger partial charge in [0, 0.05) is 6.42 Å². The van der Waals surface area contributed by atoms with Gasteiger partial charge in [0.15, 0.2) is 0 Å². The maximum atomic E-state index is 11.4. The van der Waals surface area contributed by atoms with Gasteiger partial charge in [-0.1, -0.05) is 0 Å². The van der Waals surface area contributed by atoms with Gasteiger partial charge in [0.1, 0.15) is 17.5 Å². The Morgan fingerprint density at radius 3 is 2.70 bits per heavy atom. The molecule has 104 valence electrons. The van der Waals surface area contributed by atoms with Gasteiger partial charge >= 0.3 is 5.97 Å².